The monoisotopic (exact) mass is 380 g/mol. The number of thiazole rings is 1. The van der Waals surface area contributed by atoms with Crippen LogP contribution in [0.2, 0.25) is 0 Å². The molecule has 1 radical (unpaired) electrons. The van der Waals surface area contributed by atoms with Gasteiger partial charge in [0.1, 0.15) is 0 Å². The second-order valence-electron chi connectivity index (χ2n) is 5.52. The van der Waals surface area contributed by atoms with Gasteiger partial charge in [-0.05, 0) is 12.0 Å². The van der Waals surface area contributed by atoms with Gasteiger partial charge in [0.25, 0.3) is 10.2 Å². The number of carbonyl (C=O) groups excluding carboxylic acids is 1. The fourth-order valence-electron chi connectivity index (χ4n) is 2.54. The minimum Gasteiger partial charge on any atom is -0.379 e. The topological polar surface area (TPSA) is 88.6 Å². The van der Waals surface area contributed by atoms with E-state index in [1.54, 1.807) is 0 Å². The summed E-state index contributed by atoms with van der Waals surface area (Å²) in [4.78, 5) is 16.7. The molecule has 133 valence electrons. The molecule has 1 aliphatic heterocycles. The lowest BCUT2D eigenvalue weighted by molar-refractivity contribution is 0.0721. The Bertz CT molecular complexity index is 788. The van der Waals surface area contributed by atoms with Crippen molar-refractivity contribution in [1.82, 2.24) is 14.0 Å². The van der Waals surface area contributed by atoms with Gasteiger partial charge in [0.15, 0.2) is 5.01 Å². The number of Topliss-reactive ketones (excluding diaryl/α,β-unsaturated/α-hetero) is 1. The highest BCUT2D eigenvalue weighted by Gasteiger charge is 2.31. The van der Waals surface area contributed by atoms with Crippen LogP contribution in [0.1, 0.15) is 15.4 Å². The van der Waals surface area contributed by atoms with Crippen LogP contribution in [0.5, 0.6) is 0 Å². The first kappa shape index (κ1) is 18.2. The van der Waals surface area contributed by atoms with Crippen molar-refractivity contribution in [2.24, 2.45) is 0 Å². The van der Waals surface area contributed by atoms with Crippen molar-refractivity contribution in [2.75, 3.05) is 26.3 Å². The molecule has 0 spiro atoms. The first-order valence-electron chi connectivity index (χ1n) is 7.81. The lowest BCUT2D eigenvalue weighted by Gasteiger charge is -2.28. The molecule has 0 aliphatic carbocycles. The van der Waals surface area contributed by atoms with E-state index in [4.69, 9.17) is 4.74 Å². The summed E-state index contributed by atoms with van der Waals surface area (Å²) in [7, 11) is -3.79. The molecule has 0 bridgehead atoms. The third-order valence-corrected chi connectivity index (χ3v) is 6.15. The first-order chi connectivity index (χ1) is 12.1. The molecule has 1 aromatic carbocycles. The van der Waals surface area contributed by atoms with Gasteiger partial charge in [0, 0.05) is 19.3 Å². The highest BCUT2D eigenvalue weighted by atomic mass is 32.2. The molecule has 1 atom stereocenters. The highest BCUT2D eigenvalue weighted by molar-refractivity contribution is 7.87. The Balaban J connectivity index is 1.81. The van der Waals surface area contributed by atoms with Gasteiger partial charge < -0.3 is 4.74 Å². The normalized spacial score (nSPS) is 17.3. The van der Waals surface area contributed by atoms with E-state index in [1.165, 1.54) is 10.5 Å². The van der Waals surface area contributed by atoms with E-state index in [0.717, 1.165) is 16.9 Å². The number of nitrogens with zero attached hydrogens (tertiary/aromatic N) is 2. The molecule has 0 unspecified atom stereocenters. The van der Waals surface area contributed by atoms with Crippen LogP contribution in [-0.2, 0) is 21.4 Å². The number of carbonyl (C=O) groups is 1. The summed E-state index contributed by atoms with van der Waals surface area (Å²) in [6.07, 6.45) is 1.66. The molecule has 1 aliphatic rings. The molecular formula is C16H18N3O4S2. The third-order valence-electron chi connectivity index (χ3n) is 3.80. The summed E-state index contributed by atoms with van der Waals surface area (Å²) in [5.74, 6) is -0.355. The van der Waals surface area contributed by atoms with E-state index in [2.05, 4.69) is 15.1 Å². The number of benzene rings is 1. The van der Waals surface area contributed by atoms with Crippen LogP contribution in [0.25, 0.3) is 0 Å². The summed E-state index contributed by atoms with van der Waals surface area (Å²) in [6, 6.07) is 8.37. The third kappa shape index (κ3) is 4.71. The summed E-state index contributed by atoms with van der Waals surface area (Å²) in [6.45, 7) is 1.23. The van der Waals surface area contributed by atoms with Gasteiger partial charge in [0.2, 0.25) is 5.78 Å². The van der Waals surface area contributed by atoms with E-state index in [9.17, 15) is 13.2 Å². The minimum atomic E-state index is -3.79. The highest BCUT2D eigenvalue weighted by Crippen LogP contribution is 2.14. The maximum atomic E-state index is 12.7. The molecule has 7 nitrogen and oxygen atoms in total. The Morgan fingerprint density at radius 2 is 2.04 bits per heavy atom. The average Bonchev–Trinajstić information content (AvgIpc) is 3.17. The standard InChI is InChI=1S/C16H18N3O4S2/c20-15(16-17-6-11-24-16)14(12-13-4-2-1-3-5-13)18-25(21,22)19-7-9-23-10-8-19/h1-6,14,18H,7-10,12H2/t14-/m0/s1. The summed E-state index contributed by atoms with van der Waals surface area (Å²) >= 11 is 1.08. The lowest BCUT2D eigenvalue weighted by atomic mass is 10.0. The molecule has 3 rings (SSSR count). The van der Waals surface area contributed by atoms with Crippen LogP contribution in [-0.4, -0.2) is 55.8 Å². The predicted molar refractivity (Wildman–Crippen MR) is 93.7 cm³/mol. The van der Waals surface area contributed by atoms with Crippen molar-refractivity contribution < 1.29 is 17.9 Å². The SMILES string of the molecule is O=C(c1nc[c]s1)[C@H](Cc1ccccc1)NS(=O)(=O)N1CCOCC1. The zero-order valence-electron chi connectivity index (χ0n) is 13.4. The second kappa shape index (κ2) is 8.15. The predicted octanol–water partition coefficient (Wildman–Crippen LogP) is 0.904. The van der Waals surface area contributed by atoms with Gasteiger partial charge >= 0.3 is 0 Å². The molecule has 25 heavy (non-hydrogen) atoms. The number of hydrogen-bond acceptors (Lipinski definition) is 6. The van der Waals surface area contributed by atoms with Crippen LogP contribution in [0.15, 0.2) is 36.5 Å². The molecule has 0 amide bonds. The summed E-state index contributed by atoms with van der Waals surface area (Å²) in [5.41, 5.74) is 0.867. The summed E-state index contributed by atoms with van der Waals surface area (Å²) in [5, 5.41) is 3.00. The van der Waals surface area contributed by atoms with Crippen molar-refractivity contribution >= 4 is 27.3 Å². The second-order valence-corrected chi connectivity index (χ2v) is 8.05. The number of rotatable bonds is 7. The van der Waals surface area contributed by atoms with Crippen molar-refractivity contribution in [3.05, 3.63) is 52.5 Å². The van der Waals surface area contributed by atoms with Gasteiger partial charge in [-0.25, -0.2) is 4.98 Å². The van der Waals surface area contributed by atoms with Gasteiger partial charge in [-0.1, -0.05) is 30.3 Å². The quantitative estimate of drug-likeness (QED) is 0.721. The molecular weight excluding hydrogens is 362 g/mol. The Labute approximate surface area is 150 Å². The van der Waals surface area contributed by atoms with Gasteiger partial charge in [-0.2, -0.15) is 17.4 Å². The van der Waals surface area contributed by atoms with Crippen LogP contribution < -0.4 is 4.72 Å². The Morgan fingerprint density at radius 3 is 2.68 bits per heavy atom. The fraction of sp³-hybridized carbons (Fsp3) is 0.375. The van der Waals surface area contributed by atoms with Crippen LogP contribution >= 0.6 is 11.3 Å². The Kier molecular flexibility index (Phi) is 5.92. The number of ketones is 1. The van der Waals surface area contributed by atoms with Crippen LogP contribution in [0.3, 0.4) is 0 Å². The van der Waals surface area contributed by atoms with E-state index in [0.29, 0.717) is 13.2 Å². The maximum absolute atomic E-state index is 12.7. The molecule has 1 fully saturated rings. The van der Waals surface area contributed by atoms with Crippen molar-refractivity contribution in [1.29, 1.82) is 0 Å². The average molecular weight is 380 g/mol. The van der Waals surface area contributed by atoms with E-state index in [-0.39, 0.29) is 30.3 Å². The zero-order chi connectivity index (χ0) is 17.7. The molecule has 0 saturated carbocycles. The molecule has 9 heteroatoms. The van der Waals surface area contributed by atoms with E-state index in [1.807, 2.05) is 30.3 Å². The number of aromatic nitrogens is 1. The van der Waals surface area contributed by atoms with Crippen molar-refractivity contribution in [2.45, 2.75) is 12.5 Å². The lowest BCUT2D eigenvalue weighted by Crippen LogP contribution is -2.52. The minimum absolute atomic E-state index is 0.241. The van der Waals surface area contributed by atoms with Crippen molar-refractivity contribution in [3.63, 3.8) is 0 Å². The van der Waals surface area contributed by atoms with E-state index >= 15 is 0 Å². The number of morpholine rings is 1. The molecule has 1 N–H and O–H groups in total. The Morgan fingerprint density at radius 1 is 1.32 bits per heavy atom. The molecule has 2 heterocycles. The van der Waals surface area contributed by atoms with Gasteiger partial charge in [-0.3, -0.25) is 4.79 Å². The van der Waals surface area contributed by atoms with Crippen LogP contribution in [0, 0.1) is 5.38 Å². The largest absolute Gasteiger partial charge is 0.379 e. The van der Waals surface area contributed by atoms with Crippen LogP contribution in [0.4, 0.5) is 0 Å². The number of ether oxygens (including phenoxy) is 1. The number of hydrogen-bond donors (Lipinski definition) is 1. The Hall–Kier alpha value is -1.65. The molecule has 1 aromatic heterocycles. The summed E-state index contributed by atoms with van der Waals surface area (Å²) < 4.78 is 34.3. The smallest absolute Gasteiger partial charge is 0.280 e. The zero-order valence-corrected chi connectivity index (χ0v) is 15.1. The fourth-order valence-corrected chi connectivity index (χ4v) is 4.43. The van der Waals surface area contributed by atoms with Gasteiger partial charge in [-0.15, -0.1) is 11.3 Å². The number of nitrogens with one attached hydrogen (secondary N) is 1. The van der Waals surface area contributed by atoms with Gasteiger partial charge in [0.05, 0.1) is 24.6 Å². The molecule has 1 saturated heterocycles. The maximum Gasteiger partial charge on any atom is 0.280 e. The first-order valence-corrected chi connectivity index (χ1v) is 10.1. The van der Waals surface area contributed by atoms with Crippen molar-refractivity contribution in [3.8, 4) is 0 Å². The van der Waals surface area contributed by atoms with E-state index < -0.39 is 16.3 Å². The molecule has 2 aromatic rings.